The van der Waals surface area contributed by atoms with Gasteiger partial charge >= 0.3 is 0 Å². The molecule has 0 heterocycles. The van der Waals surface area contributed by atoms with Crippen molar-refractivity contribution in [1.82, 2.24) is 4.72 Å². The van der Waals surface area contributed by atoms with Gasteiger partial charge in [-0.25, -0.2) is 13.1 Å². The van der Waals surface area contributed by atoms with Gasteiger partial charge < -0.3 is 5.73 Å². The number of nitrogens with one attached hydrogen (secondary N) is 1. The summed E-state index contributed by atoms with van der Waals surface area (Å²) in [5.74, 6) is 0.135. The van der Waals surface area contributed by atoms with E-state index in [9.17, 15) is 8.42 Å². The molecule has 0 aromatic heterocycles. The fourth-order valence-corrected chi connectivity index (χ4v) is 3.50. The summed E-state index contributed by atoms with van der Waals surface area (Å²) in [7, 11) is -3.57. The summed E-state index contributed by atoms with van der Waals surface area (Å²) in [4.78, 5) is 0.221. The van der Waals surface area contributed by atoms with E-state index in [1.54, 1.807) is 12.1 Å². The summed E-state index contributed by atoms with van der Waals surface area (Å²) in [6, 6.07) is 15.5. The van der Waals surface area contributed by atoms with Crippen molar-refractivity contribution in [2.75, 3.05) is 5.73 Å². The van der Waals surface area contributed by atoms with Gasteiger partial charge in [-0.3, -0.25) is 0 Å². The number of anilines is 1. The molecule has 4 nitrogen and oxygen atoms in total. The minimum absolute atomic E-state index is 0.135. The van der Waals surface area contributed by atoms with E-state index >= 15 is 0 Å². The first-order valence-corrected chi connectivity index (χ1v) is 8.31. The second-order valence-corrected chi connectivity index (χ2v) is 7.04. The summed E-state index contributed by atoms with van der Waals surface area (Å²) in [6.07, 6.45) is 0. The van der Waals surface area contributed by atoms with Crippen LogP contribution >= 0.6 is 0 Å². The first-order valence-electron chi connectivity index (χ1n) is 6.83. The maximum Gasteiger partial charge on any atom is 0.241 e. The zero-order chi connectivity index (χ0) is 15.5. The smallest absolute Gasteiger partial charge is 0.241 e. The second-order valence-electron chi connectivity index (χ2n) is 5.32. The van der Waals surface area contributed by atoms with Gasteiger partial charge in [-0.2, -0.15) is 0 Å². The average Bonchev–Trinajstić information content (AvgIpc) is 2.46. The molecule has 21 heavy (non-hydrogen) atoms. The van der Waals surface area contributed by atoms with Crippen LogP contribution in [0.25, 0.3) is 0 Å². The number of hydrogen-bond acceptors (Lipinski definition) is 3. The molecule has 0 bridgehead atoms. The quantitative estimate of drug-likeness (QED) is 0.834. The molecule has 112 valence electrons. The molecule has 0 fully saturated rings. The van der Waals surface area contributed by atoms with Crippen LogP contribution < -0.4 is 10.5 Å². The molecule has 5 heteroatoms. The summed E-state index contributed by atoms with van der Waals surface area (Å²) >= 11 is 0. The van der Waals surface area contributed by atoms with Gasteiger partial charge in [0.25, 0.3) is 0 Å². The zero-order valence-electron chi connectivity index (χ0n) is 12.2. The first kappa shape index (κ1) is 15.5. The van der Waals surface area contributed by atoms with Crippen LogP contribution in [0.5, 0.6) is 0 Å². The third-order valence-corrected chi connectivity index (χ3v) is 4.75. The molecule has 3 N–H and O–H groups in total. The number of rotatable bonds is 5. The number of hydrogen-bond donors (Lipinski definition) is 2. The monoisotopic (exact) mass is 304 g/mol. The van der Waals surface area contributed by atoms with Gasteiger partial charge in [0.05, 0.1) is 4.90 Å². The number of benzene rings is 2. The highest BCUT2D eigenvalue weighted by atomic mass is 32.2. The molecule has 0 aliphatic heterocycles. The summed E-state index contributed by atoms with van der Waals surface area (Å²) in [6.45, 7) is 3.98. The van der Waals surface area contributed by atoms with Gasteiger partial charge in [-0.05, 0) is 35.7 Å². The van der Waals surface area contributed by atoms with Crippen molar-refractivity contribution >= 4 is 15.7 Å². The average molecular weight is 304 g/mol. The van der Waals surface area contributed by atoms with E-state index in [0.717, 1.165) is 5.56 Å². The topological polar surface area (TPSA) is 72.2 Å². The van der Waals surface area contributed by atoms with E-state index < -0.39 is 10.0 Å². The molecule has 0 spiro atoms. The molecule has 0 aliphatic carbocycles. The lowest BCUT2D eigenvalue weighted by Gasteiger charge is -2.22. The van der Waals surface area contributed by atoms with Gasteiger partial charge in [-0.1, -0.05) is 44.2 Å². The lowest BCUT2D eigenvalue weighted by Crippen LogP contribution is -2.31. The highest BCUT2D eigenvalue weighted by Crippen LogP contribution is 2.24. The highest BCUT2D eigenvalue weighted by molar-refractivity contribution is 7.89. The lowest BCUT2D eigenvalue weighted by molar-refractivity contribution is 0.463. The molecule has 2 aromatic carbocycles. The molecule has 2 rings (SSSR count). The van der Waals surface area contributed by atoms with Crippen LogP contribution in [0, 0.1) is 5.92 Å². The Morgan fingerprint density at radius 2 is 1.52 bits per heavy atom. The van der Waals surface area contributed by atoms with Crippen molar-refractivity contribution in [3.63, 3.8) is 0 Å². The molecule has 2 aromatic rings. The molecule has 1 unspecified atom stereocenters. The largest absolute Gasteiger partial charge is 0.399 e. The SMILES string of the molecule is CC(C)C(NS(=O)(=O)c1ccc(N)cc1)c1ccccc1. The predicted octanol–water partition coefficient (Wildman–Crippen LogP) is 2.94. The Bertz CT molecular complexity index is 680. The maximum absolute atomic E-state index is 12.5. The van der Waals surface area contributed by atoms with Crippen molar-refractivity contribution in [2.24, 2.45) is 5.92 Å². The van der Waals surface area contributed by atoms with Crippen LogP contribution in [0.2, 0.25) is 0 Å². The Balaban J connectivity index is 2.30. The van der Waals surface area contributed by atoms with Crippen LogP contribution in [-0.2, 0) is 10.0 Å². The summed E-state index contributed by atoms with van der Waals surface area (Å²) < 4.78 is 27.7. The highest BCUT2D eigenvalue weighted by Gasteiger charge is 2.23. The lowest BCUT2D eigenvalue weighted by atomic mass is 9.97. The van der Waals surface area contributed by atoms with Gasteiger partial charge in [0.15, 0.2) is 0 Å². The van der Waals surface area contributed by atoms with Gasteiger partial charge in [0.1, 0.15) is 0 Å². The molecule has 0 saturated carbocycles. The predicted molar refractivity (Wildman–Crippen MR) is 85.2 cm³/mol. The first-order chi connectivity index (χ1) is 9.90. The fourth-order valence-electron chi connectivity index (χ4n) is 2.13. The molecular formula is C16H20N2O2S. The Morgan fingerprint density at radius 3 is 2.05 bits per heavy atom. The van der Waals surface area contributed by atoms with E-state index in [0.29, 0.717) is 5.69 Å². The second kappa shape index (κ2) is 6.28. The molecule has 0 aliphatic rings. The number of nitrogen functional groups attached to an aromatic ring is 1. The minimum atomic E-state index is -3.57. The van der Waals surface area contributed by atoms with Gasteiger partial charge in [0.2, 0.25) is 10.0 Å². The standard InChI is InChI=1S/C16H20N2O2S/c1-12(2)16(13-6-4-3-5-7-13)18-21(19,20)15-10-8-14(17)9-11-15/h3-12,16,18H,17H2,1-2H3. The molecule has 1 atom stereocenters. The fraction of sp³-hybridized carbons (Fsp3) is 0.250. The molecule has 0 amide bonds. The molecule has 0 radical (unpaired) electrons. The normalized spacial score (nSPS) is 13.3. The van der Waals surface area contributed by atoms with E-state index in [-0.39, 0.29) is 16.9 Å². The Morgan fingerprint density at radius 1 is 0.952 bits per heavy atom. The van der Waals surface area contributed by atoms with Crippen LogP contribution in [-0.4, -0.2) is 8.42 Å². The van der Waals surface area contributed by atoms with Gasteiger partial charge in [-0.15, -0.1) is 0 Å². The van der Waals surface area contributed by atoms with E-state index in [4.69, 9.17) is 5.73 Å². The number of sulfonamides is 1. The summed E-state index contributed by atoms with van der Waals surface area (Å²) in [5.41, 5.74) is 7.09. The van der Waals surface area contributed by atoms with Crippen molar-refractivity contribution in [3.05, 3.63) is 60.2 Å². The van der Waals surface area contributed by atoms with Crippen LogP contribution in [0.1, 0.15) is 25.5 Å². The van der Waals surface area contributed by atoms with Crippen molar-refractivity contribution in [1.29, 1.82) is 0 Å². The Hall–Kier alpha value is -1.85. The van der Waals surface area contributed by atoms with Crippen LogP contribution in [0.15, 0.2) is 59.5 Å². The zero-order valence-corrected chi connectivity index (χ0v) is 13.0. The number of nitrogens with two attached hydrogens (primary N) is 1. The summed E-state index contributed by atoms with van der Waals surface area (Å²) in [5, 5.41) is 0. The van der Waals surface area contributed by atoms with Gasteiger partial charge in [0, 0.05) is 11.7 Å². The third-order valence-electron chi connectivity index (χ3n) is 3.30. The third kappa shape index (κ3) is 3.83. The Kier molecular flexibility index (Phi) is 4.65. The maximum atomic E-state index is 12.5. The Labute approximate surface area is 126 Å². The molecule has 0 saturated heterocycles. The minimum Gasteiger partial charge on any atom is -0.399 e. The van der Waals surface area contributed by atoms with E-state index in [2.05, 4.69) is 4.72 Å². The van der Waals surface area contributed by atoms with Crippen molar-refractivity contribution in [3.8, 4) is 0 Å². The van der Waals surface area contributed by atoms with Crippen LogP contribution in [0.4, 0.5) is 5.69 Å². The van der Waals surface area contributed by atoms with Crippen LogP contribution in [0.3, 0.4) is 0 Å². The van der Waals surface area contributed by atoms with Crippen molar-refractivity contribution in [2.45, 2.75) is 24.8 Å². The van der Waals surface area contributed by atoms with Crippen molar-refractivity contribution < 1.29 is 8.42 Å². The van der Waals surface area contributed by atoms with E-state index in [1.807, 2.05) is 44.2 Å². The van der Waals surface area contributed by atoms with E-state index in [1.165, 1.54) is 12.1 Å². The molecular weight excluding hydrogens is 284 g/mol.